The monoisotopic (exact) mass is 133 g/mol. The fourth-order valence-electron chi connectivity index (χ4n) is 0. The van der Waals surface area contributed by atoms with Crippen molar-refractivity contribution in [2.45, 2.75) is 7.43 Å². The van der Waals surface area contributed by atoms with Crippen LogP contribution < -0.4 is 0 Å². The van der Waals surface area contributed by atoms with E-state index in [2.05, 4.69) is 0 Å². The first kappa shape index (κ1) is 17.1. The zero-order valence-electron chi connectivity index (χ0n) is 2.18. The van der Waals surface area contributed by atoms with Crippen LogP contribution in [0.25, 0.3) is 0 Å². The van der Waals surface area contributed by atoms with E-state index in [1.807, 2.05) is 0 Å². The van der Waals surface area contributed by atoms with Crippen LogP contribution in [-0.2, 0) is 17.1 Å². The Hall–Kier alpha value is -0.211. The molecule has 0 spiro atoms. The third-order valence-electron chi connectivity index (χ3n) is 0. The number of rotatable bonds is 0. The maximum atomic E-state index is 8.56. The molecule has 0 bridgehead atoms. The van der Waals surface area contributed by atoms with E-state index in [9.17, 15) is 0 Å². The van der Waals surface area contributed by atoms with Gasteiger partial charge in [-0.3, -0.25) is 0 Å². The van der Waals surface area contributed by atoms with Gasteiger partial charge in [-0.25, -0.2) is 4.79 Å². The van der Waals surface area contributed by atoms with Gasteiger partial charge in [0.2, 0.25) is 0 Å². The van der Waals surface area contributed by atoms with Crippen molar-refractivity contribution in [3.63, 3.8) is 0 Å². The first-order valence-electron chi connectivity index (χ1n) is 0.651. The van der Waals surface area contributed by atoms with Crippen LogP contribution >= 0.6 is 0 Å². The summed E-state index contributed by atoms with van der Waals surface area (Å²) in [6.45, 7) is 0. The van der Waals surface area contributed by atoms with E-state index in [0.29, 0.717) is 0 Å². The third kappa shape index (κ3) is 665. The van der Waals surface area contributed by atoms with Crippen LogP contribution in [0, 0.1) is 0 Å². The molecule has 0 fully saturated rings. The fraction of sp³-hybridized carbons (Fsp3) is 0.500. The normalized spacial score (nSPS) is 4.00. The molecule has 0 unspecified atom stereocenters. The van der Waals surface area contributed by atoms with E-state index in [4.69, 9.17) is 15.0 Å². The molecule has 0 saturated carbocycles. The van der Waals surface area contributed by atoms with Gasteiger partial charge in [0.15, 0.2) is 0 Å². The van der Waals surface area contributed by atoms with Gasteiger partial charge in [-0.2, -0.15) is 0 Å². The molecule has 0 aliphatic rings. The molecule has 0 atom stereocenters. The molecule has 0 aromatic carbocycles. The van der Waals surface area contributed by atoms with Crippen molar-refractivity contribution in [1.29, 1.82) is 0 Å². The average molecular weight is 133 g/mol. The number of carbonyl (C=O) groups is 1. The molecule has 0 aromatic heterocycles. The second-order valence-electron chi connectivity index (χ2n) is 0.283. The van der Waals surface area contributed by atoms with Gasteiger partial charge in [0.25, 0.3) is 0 Å². The summed E-state index contributed by atoms with van der Waals surface area (Å²) in [6.07, 6.45) is -1.83. The predicted octanol–water partition coefficient (Wildman–Crippen LogP) is 0.856. The van der Waals surface area contributed by atoms with Crippen molar-refractivity contribution in [2.24, 2.45) is 0 Å². The molecular formula is C2H6MnO3. The Kier molecular flexibility index (Phi) is 25.1. The van der Waals surface area contributed by atoms with Crippen LogP contribution in [0.5, 0.6) is 0 Å². The molecule has 4 heteroatoms. The summed E-state index contributed by atoms with van der Waals surface area (Å²) >= 11 is 0. The van der Waals surface area contributed by atoms with Crippen molar-refractivity contribution >= 4 is 6.16 Å². The Labute approximate surface area is 46.5 Å². The molecule has 1 radical (unpaired) electrons. The molecule has 0 amide bonds. The van der Waals surface area contributed by atoms with E-state index in [-0.39, 0.29) is 24.5 Å². The summed E-state index contributed by atoms with van der Waals surface area (Å²) in [6, 6.07) is 0. The fourth-order valence-corrected chi connectivity index (χ4v) is 0. The van der Waals surface area contributed by atoms with Crippen LogP contribution in [0.15, 0.2) is 0 Å². The summed E-state index contributed by atoms with van der Waals surface area (Å²) in [5.74, 6) is 0. The van der Waals surface area contributed by atoms with Gasteiger partial charge in [0.05, 0.1) is 0 Å². The summed E-state index contributed by atoms with van der Waals surface area (Å²) in [5.41, 5.74) is 0. The minimum atomic E-state index is -1.83. The largest absolute Gasteiger partial charge is 0.503 e. The number of hydrogen-bond acceptors (Lipinski definition) is 1. The van der Waals surface area contributed by atoms with E-state index in [1.165, 1.54) is 0 Å². The van der Waals surface area contributed by atoms with Gasteiger partial charge >= 0.3 is 6.16 Å². The minimum Gasteiger partial charge on any atom is -0.450 e. The van der Waals surface area contributed by atoms with Gasteiger partial charge < -0.3 is 10.2 Å². The zero-order valence-corrected chi connectivity index (χ0v) is 3.36. The molecule has 2 N–H and O–H groups in total. The average Bonchev–Trinajstić information content (AvgIpc) is 0.811. The summed E-state index contributed by atoms with van der Waals surface area (Å²) < 4.78 is 0. The van der Waals surface area contributed by atoms with Gasteiger partial charge in [-0.05, 0) is 0 Å². The Morgan fingerprint density at radius 1 is 1.33 bits per heavy atom. The molecule has 39 valence electrons. The number of hydrogen-bond donors (Lipinski definition) is 2. The van der Waals surface area contributed by atoms with Gasteiger partial charge in [0.1, 0.15) is 0 Å². The molecule has 3 nitrogen and oxygen atoms in total. The Morgan fingerprint density at radius 2 is 1.33 bits per heavy atom. The SMILES string of the molecule is C.O=C(O)O.[Mn]. The molecule has 0 rings (SSSR count). The summed E-state index contributed by atoms with van der Waals surface area (Å²) in [4.78, 5) is 8.56. The van der Waals surface area contributed by atoms with E-state index >= 15 is 0 Å². The van der Waals surface area contributed by atoms with E-state index in [1.54, 1.807) is 0 Å². The van der Waals surface area contributed by atoms with Crippen LogP contribution in [0.1, 0.15) is 7.43 Å². The predicted molar refractivity (Wildman–Crippen MR) is 17.4 cm³/mol. The standard InChI is InChI=1S/CH2O3.CH4.Mn/c2-1(3)4;;/h(H2,2,3,4);1H4;. The Bertz CT molecular complexity index is 31.8. The topological polar surface area (TPSA) is 57.5 Å². The van der Waals surface area contributed by atoms with Crippen molar-refractivity contribution in [1.82, 2.24) is 0 Å². The minimum absolute atomic E-state index is 0. The number of carboxylic acid groups (broad SMARTS) is 2. The summed E-state index contributed by atoms with van der Waals surface area (Å²) in [5, 5.41) is 13.9. The van der Waals surface area contributed by atoms with Crippen molar-refractivity contribution < 1.29 is 32.1 Å². The van der Waals surface area contributed by atoms with E-state index < -0.39 is 6.16 Å². The Balaban J connectivity index is -0.0000000450. The van der Waals surface area contributed by atoms with Crippen molar-refractivity contribution in [3.05, 3.63) is 0 Å². The van der Waals surface area contributed by atoms with Gasteiger partial charge in [0, 0.05) is 17.1 Å². The van der Waals surface area contributed by atoms with Crippen LogP contribution in [-0.4, -0.2) is 16.4 Å². The smallest absolute Gasteiger partial charge is 0.450 e. The quantitative estimate of drug-likeness (QED) is 0.481. The second kappa shape index (κ2) is 8.84. The van der Waals surface area contributed by atoms with Crippen LogP contribution in [0.2, 0.25) is 0 Å². The van der Waals surface area contributed by atoms with Crippen molar-refractivity contribution in [2.75, 3.05) is 0 Å². The summed E-state index contributed by atoms with van der Waals surface area (Å²) in [7, 11) is 0. The Morgan fingerprint density at radius 3 is 1.33 bits per heavy atom. The van der Waals surface area contributed by atoms with Crippen LogP contribution in [0.4, 0.5) is 4.79 Å². The molecule has 0 heterocycles. The van der Waals surface area contributed by atoms with Gasteiger partial charge in [-0.15, -0.1) is 0 Å². The first-order valence-corrected chi connectivity index (χ1v) is 0.651. The molecule has 0 aliphatic heterocycles. The van der Waals surface area contributed by atoms with Crippen molar-refractivity contribution in [3.8, 4) is 0 Å². The van der Waals surface area contributed by atoms with Crippen LogP contribution in [0.3, 0.4) is 0 Å². The molecule has 0 saturated heterocycles. The molecular weight excluding hydrogens is 127 g/mol. The molecule has 6 heavy (non-hydrogen) atoms. The van der Waals surface area contributed by atoms with E-state index in [0.717, 1.165) is 0 Å². The maximum absolute atomic E-state index is 8.56. The second-order valence-corrected chi connectivity index (χ2v) is 0.283. The molecule has 0 aromatic rings. The molecule has 0 aliphatic carbocycles. The first-order chi connectivity index (χ1) is 1.73. The van der Waals surface area contributed by atoms with Gasteiger partial charge in [-0.1, -0.05) is 7.43 Å². The zero-order chi connectivity index (χ0) is 3.58. The third-order valence-corrected chi connectivity index (χ3v) is 0. The maximum Gasteiger partial charge on any atom is 0.503 e.